The van der Waals surface area contributed by atoms with Crippen LogP contribution in [0.5, 0.6) is 0 Å². The van der Waals surface area contributed by atoms with Crippen LogP contribution in [0.3, 0.4) is 0 Å². The molecule has 2 N–H and O–H groups in total. The molecule has 14 heavy (non-hydrogen) atoms. The maximum atomic E-state index is 4.33. The number of nitrogens with one attached hydrogen (secondary N) is 2. The molecule has 1 aliphatic rings. The van der Waals surface area contributed by atoms with Crippen LogP contribution in [-0.2, 0) is 0 Å². The van der Waals surface area contributed by atoms with E-state index in [4.69, 9.17) is 0 Å². The Balaban J connectivity index is 2.12. The van der Waals surface area contributed by atoms with Crippen molar-refractivity contribution in [3.8, 4) is 0 Å². The number of aryl methyl sites for hydroxylation is 1. The molecule has 0 aliphatic heterocycles. The molecule has 0 saturated heterocycles. The van der Waals surface area contributed by atoms with Gasteiger partial charge in [0.25, 0.3) is 0 Å². The van der Waals surface area contributed by atoms with Crippen molar-refractivity contribution in [1.82, 2.24) is 9.97 Å². The quantitative estimate of drug-likeness (QED) is 0.764. The molecule has 0 bridgehead atoms. The zero-order valence-corrected chi connectivity index (χ0v) is 8.83. The Bertz CT molecular complexity index is 337. The molecule has 1 saturated carbocycles. The summed E-state index contributed by atoms with van der Waals surface area (Å²) in [5, 5.41) is 6.41. The van der Waals surface area contributed by atoms with Crippen molar-refractivity contribution in [2.45, 2.75) is 26.3 Å². The second-order valence-corrected chi connectivity index (χ2v) is 3.90. The second-order valence-electron chi connectivity index (χ2n) is 3.90. The van der Waals surface area contributed by atoms with Crippen LogP contribution in [-0.4, -0.2) is 23.1 Å². The van der Waals surface area contributed by atoms with Crippen molar-refractivity contribution >= 4 is 11.6 Å². The summed E-state index contributed by atoms with van der Waals surface area (Å²) in [5.41, 5.74) is 0. The molecule has 76 valence electrons. The third-order valence-electron chi connectivity index (χ3n) is 2.54. The molecule has 2 unspecified atom stereocenters. The fraction of sp³-hybridized carbons (Fsp3) is 0.600. The molecule has 2 atom stereocenters. The van der Waals surface area contributed by atoms with Gasteiger partial charge in [0.15, 0.2) is 0 Å². The van der Waals surface area contributed by atoms with Crippen LogP contribution in [0.25, 0.3) is 0 Å². The fourth-order valence-corrected chi connectivity index (χ4v) is 1.48. The van der Waals surface area contributed by atoms with Crippen LogP contribution >= 0.6 is 0 Å². The average Bonchev–Trinajstić information content (AvgIpc) is 2.80. The summed E-state index contributed by atoms with van der Waals surface area (Å²) in [7, 11) is 1.87. The number of hydrogen-bond donors (Lipinski definition) is 2. The molecule has 2 rings (SSSR count). The Morgan fingerprint density at radius 1 is 1.36 bits per heavy atom. The molecule has 1 heterocycles. The van der Waals surface area contributed by atoms with Gasteiger partial charge in [0.2, 0.25) is 0 Å². The maximum absolute atomic E-state index is 4.33. The molecule has 0 amide bonds. The topological polar surface area (TPSA) is 49.8 Å². The van der Waals surface area contributed by atoms with Crippen LogP contribution in [0.4, 0.5) is 11.6 Å². The number of anilines is 2. The van der Waals surface area contributed by atoms with Gasteiger partial charge in [0.05, 0.1) is 0 Å². The van der Waals surface area contributed by atoms with Crippen LogP contribution in [0.1, 0.15) is 19.2 Å². The van der Waals surface area contributed by atoms with E-state index in [1.165, 1.54) is 6.42 Å². The van der Waals surface area contributed by atoms with Crippen molar-refractivity contribution in [1.29, 1.82) is 0 Å². The Labute approximate surface area is 84.2 Å². The van der Waals surface area contributed by atoms with Gasteiger partial charge in [-0.2, -0.15) is 0 Å². The Morgan fingerprint density at radius 2 is 2.00 bits per heavy atom. The van der Waals surface area contributed by atoms with Crippen molar-refractivity contribution in [2.75, 3.05) is 17.7 Å². The molecule has 1 aromatic heterocycles. The van der Waals surface area contributed by atoms with Crippen LogP contribution in [0.15, 0.2) is 6.07 Å². The van der Waals surface area contributed by atoms with E-state index in [2.05, 4.69) is 27.5 Å². The molecule has 1 aromatic rings. The van der Waals surface area contributed by atoms with Gasteiger partial charge in [-0.05, 0) is 19.3 Å². The van der Waals surface area contributed by atoms with Crippen molar-refractivity contribution in [3.63, 3.8) is 0 Å². The highest BCUT2D eigenvalue weighted by molar-refractivity contribution is 5.48. The highest BCUT2D eigenvalue weighted by Gasteiger charge is 2.32. The third kappa shape index (κ3) is 1.95. The van der Waals surface area contributed by atoms with Gasteiger partial charge < -0.3 is 10.6 Å². The standard InChI is InChI=1S/C10H16N4/c1-6-4-8(6)14-10-5-9(11-3)12-7(2)13-10/h5-6,8H,4H2,1-3H3,(H2,11,12,13,14). The van der Waals surface area contributed by atoms with Gasteiger partial charge in [-0.25, -0.2) is 9.97 Å². The van der Waals surface area contributed by atoms with Crippen LogP contribution in [0, 0.1) is 12.8 Å². The molecule has 4 nitrogen and oxygen atoms in total. The van der Waals surface area contributed by atoms with Gasteiger partial charge >= 0.3 is 0 Å². The summed E-state index contributed by atoms with van der Waals surface area (Å²) in [6, 6.07) is 2.55. The number of hydrogen-bond acceptors (Lipinski definition) is 4. The summed E-state index contributed by atoms with van der Waals surface area (Å²) in [4.78, 5) is 8.57. The molecule has 1 fully saturated rings. The predicted molar refractivity (Wildman–Crippen MR) is 57.5 cm³/mol. The van der Waals surface area contributed by atoms with Crippen molar-refractivity contribution in [3.05, 3.63) is 11.9 Å². The second kappa shape index (κ2) is 3.44. The highest BCUT2D eigenvalue weighted by Crippen LogP contribution is 2.32. The van der Waals surface area contributed by atoms with E-state index in [-0.39, 0.29) is 0 Å². The molecule has 4 heteroatoms. The molecular weight excluding hydrogens is 176 g/mol. The zero-order valence-electron chi connectivity index (χ0n) is 8.83. The summed E-state index contributed by atoms with van der Waals surface area (Å²) in [5.74, 6) is 3.38. The lowest BCUT2D eigenvalue weighted by Crippen LogP contribution is -2.07. The first-order valence-electron chi connectivity index (χ1n) is 4.99. The number of rotatable bonds is 3. The van der Waals surface area contributed by atoms with Gasteiger partial charge in [-0.15, -0.1) is 0 Å². The molecule has 0 aromatic carbocycles. The normalized spacial score (nSPS) is 24.5. The molecule has 0 spiro atoms. The molecular formula is C10H16N4. The minimum Gasteiger partial charge on any atom is -0.373 e. The van der Waals surface area contributed by atoms with Gasteiger partial charge in [0.1, 0.15) is 17.5 Å². The Morgan fingerprint density at radius 3 is 2.57 bits per heavy atom. The fourth-order valence-electron chi connectivity index (χ4n) is 1.48. The van der Waals surface area contributed by atoms with Crippen LogP contribution < -0.4 is 10.6 Å². The van der Waals surface area contributed by atoms with Crippen molar-refractivity contribution < 1.29 is 0 Å². The predicted octanol–water partition coefficient (Wildman–Crippen LogP) is 1.65. The lowest BCUT2D eigenvalue weighted by molar-refractivity contribution is 0.917. The first-order valence-corrected chi connectivity index (χ1v) is 4.99. The highest BCUT2D eigenvalue weighted by atomic mass is 15.1. The molecule has 0 radical (unpaired) electrons. The van der Waals surface area contributed by atoms with E-state index >= 15 is 0 Å². The largest absolute Gasteiger partial charge is 0.373 e. The van der Waals surface area contributed by atoms with Crippen molar-refractivity contribution in [2.24, 2.45) is 5.92 Å². The van der Waals surface area contributed by atoms with Gasteiger partial charge in [-0.1, -0.05) is 6.92 Å². The van der Waals surface area contributed by atoms with E-state index in [9.17, 15) is 0 Å². The number of nitrogens with zero attached hydrogens (tertiary/aromatic N) is 2. The minimum absolute atomic E-state index is 0.606. The third-order valence-corrected chi connectivity index (χ3v) is 2.54. The minimum atomic E-state index is 0.606. The molecule has 1 aliphatic carbocycles. The summed E-state index contributed by atoms with van der Waals surface area (Å²) in [6.07, 6.45) is 1.25. The first kappa shape index (κ1) is 9.24. The lowest BCUT2D eigenvalue weighted by atomic mass is 10.4. The maximum Gasteiger partial charge on any atom is 0.132 e. The first-order chi connectivity index (χ1) is 6.69. The summed E-state index contributed by atoms with van der Waals surface area (Å²) < 4.78 is 0. The van der Waals surface area contributed by atoms with E-state index in [0.29, 0.717) is 6.04 Å². The Hall–Kier alpha value is -1.32. The average molecular weight is 192 g/mol. The van der Waals surface area contributed by atoms with E-state index < -0.39 is 0 Å². The van der Waals surface area contributed by atoms with Crippen LogP contribution in [0.2, 0.25) is 0 Å². The van der Waals surface area contributed by atoms with Gasteiger partial charge in [0, 0.05) is 19.2 Å². The smallest absolute Gasteiger partial charge is 0.132 e. The number of aromatic nitrogens is 2. The van der Waals surface area contributed by atoms with E-state index in [0.717, 1.165) is 23.4 Å². The summed E-state index contributed by atoms with van der Waals surface area (Å²) in [6.45, 7) is 4.15. The Kier molecular flexibility index (Phi) is 2.27. The zero-order chi connectivity index (χ0) is 10.1. The summed E-state index contributed by atoms with van der Waals surface area (Å²) >= 11 is 0. The van der Waals surface area contributed by atoms with E-state index in [1.54, 1.807) is 0 Å². The SMILES string of the molecule is CNc1cc(NC2CC2C)nc(C)n1. The van der Waals surface area contributed by atoms with E-state index in [1.807, 2.05) is 20.0 Å². The van der Waals surface area contributed by atoms with Gasteiger partial charge in [-0.3, -0.25) is 0 Å². The lowest BCUT2D eigenvalue weighted by Gasteiger charge is -2.07. The monoisotopic (exact) mass is 192 g/mol.